The maximum Gasteiger partial charge on any atom is 0.274 e. The van der Waals surface area contributed by atoms with Crippen molar-refractivity contribution in [2.45, 2.75) is 18.9 Å². The lowest BCUT2D eigenvalue weighted by Crippen LogP contribution is -2.45. The maximum atomic E-state index is 12.5. The van der Waals surface area contributed by atoms with E-state index in [4.69, 9.17) is 4.74 Å². The number of piperidine rings is 1. The molecule has 0 unspecified atom stereocenters. The minimum absolute atomic E-state index is 0.128. The molecule has 1 aliphatic rings. The van der Waals surface area contributed by atoms with Crippen molar-refractivity contribution in [2.24, 2.45) is 7.05 Å². The Hall–Kier alpha value is -2.77. The molecule has 0 aromatic carbocycles. The topological polar surface area (TPSA) is 90.2 Å². The largest absolute Gasteiger partial charge is 0.471 e. The van der Waals surface area contributed by atoms with Gasteiger partial charge in [0.15, 0.2) is 0 Å². The minimum atomic E-state index is -0.246. The molecule has 1 atom stereocenters. The average Bonchev–Trinajstić information content (AvgIpc) is 2.58. The maximum absolute atomic E-state index is 12.5. The molecular formula is C15H17N5O3. The number of aryl methyl sites for hydroxylation is 1. The van der Waals surface area contributed by atoms with Gasteiger partial charge in [0.2, 0.25) is 5.88 Å². The zero-order chi connectivity index (χ0) is 16.2. The Balaban J connectivity index is 1.69. The van der Waals surface area contributed by atoms with Crippen LogP contribution >= 0.6 is 0 Å². The fourth-order valence-corrected chi connectivity index (χ4v) is 2.52. The van der Waals surface area contributed by atoms with Crippen molar-refractivity contribution in [3.05, 3.63) is 46.5 Å². The van der Waals surface area contributed by atoms with Gasteiger partial charge in [-0.1, -0.05) is 0 Å². The van der Waals surface area contributed by atoms with Crippen molar-refractivity contribution in [1.29, 1.82) is 0 Å². The fraction of sp³-hybridized carbons (Fsp3) is 0.400. The molecule has 2 aromatic heterocycles. The third kappa shape index (κ3) is 3.53. The molecule has 8 heteroatoms. The zero-order valence-electron chi connectivity index (χ0n) is 12.8. The third-order valence-corrected chi connectivity index (χ3v) is 3.68. The number of carbonyl (C=O) groups excluding carboxylic acids is 1. The van der Waals surface area contributed by atoms with Crippen molar-refractivity contribution in [1.82, 2.24) is 24.9 Å². The van der Waals surface area contributed by atoms with Crippen LogP contribution in [0, 0.1) is 0 Å². The molecule has 0 saturated carbocycles. The van der Waals surface area contributed by atoms with E-state index in [-0.39, 0.29) is 23.3 Å². The first-order valence-electron chi connectivity index (χ1n) is 7.41. The quantitative estimate of drug-likeness (QED) is 0.806. The average molecular weight is 315 g/mol. The van der Waals surface area contributed by atoms with Gasteiger partial charge >= 0.3 is 0 Å². The van der Waals surface area contributed by atoms with E-state index in [1.54, 1.807) is 23.2 Å². The molecule has 0 aliphatic carbocycles. The van der Waals surface area contributed by atoms with Gasteiger partial charge in [-0.25, -0.2) is 4.68 Å². The number of likely N-dealkylation sites (tertiary alicyclic amines) is 1. The monoisotopic (exact) mass is 315 g/mol. The molecule has 120 valence electrons. The molecule has 1 amide bonds. The molecule has 23 heavy (non-hydrogen) atoms. The highest BCUT2D eigenvalue weighted by molar-refractivity contribution is 5.92. The van der Waals surface area contributed by atoms with Crippen LogP contribution in [0.1, 0.15) is 23.3 Å². The smallest absolute Gasteiger partial charge is 0.274 e. The van der Waals surface area contributed by atoms with Crippen molar-refractivity contribution >= 4 is 5.91 Å². The Morgan fingerprint density at radius 1 is 1.35 bits per heavy atom. The summed E-state index contributed by atoms with van der Waals surface area (Å²) in [5.41, 5.74) is 0.0105. The summed E-state index contributed by atoms with van der Waals surface area (Å²) in [6.07, 6.45) is 3.13. The lowest BCUT2D eigenvalue weighted by atomic mass is 10.1. The molecule has 0 radical (unpaired) electrons. The first-order chi connectivity index (χ1) is 11.1. The number of hydrogen-bond donors (Lipinski definition) is 0. The summed E-state index contributed by atoms with van der Waals surface area (Å²) in [6.45, 7) is 1.10. The highest BCUT2D eigenvalue weighted by Crippen LogP contribution is 2.17. The summed E-state index contributed by atoms with van der Waals surface area (Å²) >= 11 is 0. The van der Waals surface area contributed by atoms with E-state index in [9.17, 15) is 9.59 Å². The van der Waals surface area contributed by atoms with E-state index in [1.807, 2.05) is 0 Å². The predicted octanol–water partition coefficient (Wildman–Crippen LogP) is 0.254. The van der Waals surface area contributed by atoms with E-state index in [0.29, 0.717) is 19.0 Å². The molecule has 0 bridgehead atoms. The number of nitrogens with zero attached hydrogens (tertiary/aromatic N) is 5. The summed E-state index contributed by atoms with van der Waals surface area (Å²) in [5.74, 6) is 0.250. The van der Waals surface area contributed by atoms with Crippen LogP contribution in [0.5, 0.6) is 5.88 Å². The summed E-state index contributed by atoms with van der Waals surface area (Å²) in [6, 6.07) is 6.29. The van der Waals surface area contributed by atoms with Crippen molar-refractivity contribution in [3.8, 4) is 5.88 Å². The van der Waals surface area contributed by atoms with Crippen LogP contribution in [0.4, 0.5) is 0 Å². The van der Waals surface area contributed by atoms with Crippen molar-refractivity contribution in [2.75, 3.05) is 13.1 Å². The molecule has 3 heterocycles. The van der Waals surface area contributed by atoms with Gasteiger partial charge in [0, 0.05) is 31.9 Å². The first kappa shape index (κ1) is 15.1. The number of amides is 1. The zero-order valence-corrected chi connectivity index (χ0v) is 12.8. The van der Waals surface area contributed by atoms with E-state index in [1.165, 1.54) is 19.2 Å². The van der Waals surface area contributed by atoms with Crippen LogP contribution in [0.3, 0.4) is 0 Å². The van der Waals surface area contributed by atoms with E-state index in [0.717, 1.165) is 17.5 Å². The predicted molar refractivity (Wildman–Crippen MR) is 81.1 cm³/mol. The molecule has 3 rings (SSSR count). The van der Waals surface area contributed by atoms with Crippen LogP contribution in [-0.4, -0.2) is 50.0 Å². The second kappa shape index (κ2) is 6.55. The van der Waals surface area contributed by atoms with Gasteiger partial charge in [-0.2, -0.15) is 10.2 Å². The van der Waals surface area contributed by atoms with Crippen LogP contribution in [0.25, 0.3) is 0 Å². The molecule has 0 N–H and O–H groups in total. The lowest BCUT2D eigenvalue weighted by Gasteiger charge is -2.32. The molecule has 8 nitrogen and oxygen atoms in total. The Kier molecular flexibility index (Phi) is 4.31. The first-order valence-corrected chi connectivity index (χ1v) is 7.41. The fourth-order valence-electron chi connectivity index (χ4n) is 2.52. The highest BCUT2D eigenvalue weighted by atomic mass is 16.5. The van der Waals surface area contributed by atoms with Crippen molar-refractivity contribution in [3.63, 3.8) is 0 Å². The van der Waals surface area contributed by atoms with Gasteiger partial charge in [-0.3, -0.25) is 9.59 Å². The van der Waals surface area contributed by atoms with Crippen LogP contribution < -0.4 is 10.3 Å². The summed E-state index contributed by atoms with van der Waals surface area (Å²) in [5, 5.41) is 11.7. The molecule has 2 aromatic rings. The Bertz CT molecular complexity index is 746. The van der Waals surface area contributed by atoms with Gasteiger partial charge in [0.25, 0.3) is 11.5 Å². The number of ether oxygens (including phenoxy) is 1. The SMILES string of the molecule is Cn1nc(C(=O)N2CCC[C@H](Oc3cccnn3)C2)ccc1=O. The van der Waals surface area contributed by atoms with Crippen LogP contribution in [-0.2, 0) is 7.05 Å². The molecule has 1 fully saturated rings. The second-order valence-electron chi connectivity index (χ2n) is 5.38. The molecule has 0 spiro atoms. The minimum Gasteiger partial charge on any atom is -0.471 e. The van der Waals surface area contributed by atoms with Gasteiger partial charge in [0.05, 0.1) is 6.54 Å². The molecule has 1 aliphatic heterocycles. The number of rotatable bonds is 3. The van der Waals surface area contributed by atoms with Crippen LogP contribution in [0.2, 0.25) is 0 Å². The lowest BCUT2D eigenvalue weighted by molar-refractivity contribution is 0.0518. The second-order valence-corrected chi connectivity index (χ2v) is 5.38. The number of aromatic nitrogens is 4. The third-order valence-electron chi connectivity index (χ3n) is 3.68. The van der Waals surface area contributed by atoms with Crippen LogP contribution in [0.15, 0.2) is 35.3 Å². The van der Waals surface area contributed by atoms with Gasteiger partial charge in [-0.15, -0.1) is 5.10 Å². The van der Waals surface area contributed by atoms with E-state index < -0.39 is 0 Å². The molecular weight excluding hydrogens is 298 g/mol. The number of carbonyl (C=O) groups is 1. The summed E-state index contributed by atoms with van der Waals surface area (Å²) < 4.78 is 6.93. The van der Waals surface area contributed by atoms with E-state index in [2.05, 4.69) is 15.3 Å². The normalized spacial score (nSPS) is 17.8. The van der Waals surface area contributed by atoms with Gasteiger partial charge in [-0.05, 0) is 25.0 Å². The highest BCUT2D eigenvalue weighted by Gasteiger charge is 2.27. The van der Waals surface area contributed by atoms with E-state index >= 15 is 0 Å². The summed E-state index contributed by atoms with van der Waals surface area (Å²) in [7, 11) is 1.52. The standard InChI is InChI=1S/C15H17N5O3/c1-19-14(21)7-6-12(18-19)15(22)20-9-3-4-11(10-20)23-13-5-2-8-16-17-13/h2,5-8,11H,3-4,9-10H2,1H3/t11-/m0/s1. The number of hydrogen-bond acceptors (Lipinski definition) is 6. The molecule has 1 saturated heterocycles. The van der Waals surface area contributed by atoms with Crippen molar-refractivity contribution < 1.29 is 9.53 Å². The van der Waals surface area contributed by atoms with Gasteiger partial charge in [0.1, 0.15) is 11.8 Å². The van der Waals surface area contributed by atoms with Gasteiger partial charge < -0.3 is 9.64 Å². The Labute approximate surface area is 132 Å². The Morgan fingerprint density at radius 2 is 2.22 bits per heavy atom. The summed E-state index contributed by atoms with van der Waals surface area (Å²) in [4.78, 5) is 25.6. The Morgan fingerprint density at radius 3 is 2.96 bits per heavy atom.